The summed E-state index contributed by atoms with van der Waals surface area (Å²) < 4.78 is 1.94. The van der Waals surface area contributed by atoms with E-state index in [-0.39, 0.29) is 11.3 Å². The Morgan fingerprint density at radius 3 is 2.68 bits per heavy atom. The number of aryl methyl sites for hydroxylation is 1. The Balaban J connectivity index is 1.58. The molecule has 2 saturated heterocycles. The first-order chi connectivity index (χ1) is 11.9. The zero-order valence-electron chi connectivity index (χ0n) is 15.1. The van der Waals surface area contributed by atoms with Gasteiger partial charge in [0.15, 0.2) is 0 Å². The number of aliphatic carboxylic acids is 1. The lowest BCUT2D eigenvalue weighted by Crippen LogP contribution is -2.55. The summed E-state index contributed by atoms with van der Waals surface area (Å²) in [6, 6.07) is -0.734. The fourth-order valence-corrected chi connectivity index (χ4v) is 4.04. The Kier molecular flexibility index (Phi) is 5.13. The van der Waals surface area contributed by atoms with Gasteiger partial charge in [-0.25, -0.2) is 4.79 Å². The van der Waals surface area contributed by atoms with Crippen molar-refractivity contribution in [2.24, 2.45) is 5.41 Å². The Bertz CT molecular complexity index is 634. The highest BCUT2D eigenvalue weighted by Crippen LogP contribution is 2.41. The van der Waals surface area contributed by atoms with Crippen molar-refractivity contribution in [2.75, 3.05) is 19.6 Å². The van der Waals surface area contributed by atoms with Crippen molar-refractivity contribution >= 4 is 11.9 Å². The third-order valence-electron chi connectivity index (χ3n) is 5.85. The highest BCUT2D eigenvalue weighted by molar-refractivity contribution is 5.84. The number of carboxylic acid groups (broad SMARTS) is 1. The lowest BCUT2D eigenvalue weighted by molar-refractivity contribution is -0.155. The molecule has 0 saturated carbocycles. The smallest absolute Gasteiger partial charge is 0.326 e. The van der Waals surface area contributed by atoms with Crippen LogP contribution in [0.5, 0.6) is 0 Å². The van der Waals surface area contributed by atoms with E-state index < -0.39 is 12.0 Å². The van der Waals surface area contributed by atoms with E-state index in [1.807, 2.05) is 10.9 Å². The van der Waals surface area contributed by atoms with E-state index in [1.165, 1.54) is 5.56 Å². The molecule has 0 aromatic carbocycles. The minimum absolute atomic E-state index is 0.0186. The maximum Gasteiger partial charge on any atom is 0.326 e. The first kappa shape index (κ1) is 17.9. The summed E-state index contributed by atoms with van der Waals surface area (Å²) in [5.74, 6) is -0.939. The van der Waals surface area contributed by atoms with Gasteiger partial charge in [0.25, 0.3) is 0 Å². The Morgan fingerprint density at radius 1 is 1.36 bits per heavy atom. The third kappa shape index (κ3) is 3.86. The average Bonchev–Trinajstić information content (AvgIpc) is 3.06. The molecular weight excluding hydrogens is 320 g/mol. The van der Waals surface area contributed by atoms with Gasteiger partial charge in [-0.15, -0.1) is 0 Å². The van der Waals surface area contributed by atoms with Gasteiger partial charge in [-0.3, -0.25) is 14.4 Å². The summed E-state index contributed by atoms with van der Waals surface area (Å²) in [5.41, 5.74) is 1.32. The molecule has 3 rings (SSSR count). The van der Waals surface area contributed by atoms with Gasteiger partial charge in [-0.1, -0.05) is 0 Å². The molecule has 0 radical (unpaired) electrons. The van der Waals surface area contributed by atoms with Crippen molar-refractivity contribution in [3.63, 3.8) is 0 Å². The van der Waals surface area contributed by atoms with Crippen molar-refractivity contribution < 1.29 is 14.7 Å². The van der Waals surface area contributed by atoms with Gasteiger partial charge in [-0.05, 0) is 51.6 Å². The number of hydrogen-bond donors (Lipinski definition) is 1. The topological polar surface area (TPSA) is 78.7 Å². The predicted molar refractivity (Wildman–Crippen MR) is 92.9 cm³/mol. The molecule has 0 bridgehead atoms. The van der Waals surface area contributed by atoms with Crippen molar-refractivity contribution in [2.45, 2.75) is 58.7 Å². The fourth-order valence-electron chi connectivity index (χ4n) is 4.04. The first-order valence-electron chi connectivity index (χ1n) is 9.18. The number of rotatable bonds is 5. The van der Waals surface area contributed by atoms with E-state index in [1.54, 1.807) is 11.8 Å². The molecule has 0 aliphatic carbocycles. The molecule has 3 heterocycles. The molecule has 25 heavy (non-hydrogen) atoms. The summed E-state index contributed by atoms with van der Waals surface area (Å²) in [4.78, 5) is 27.4. The van der Waals surface area contributed by atoms with Crippen molar-refractivity contribution in [3.8, 4) is 0 Å². The van der Waals surface area contributed by atoms with Gasteiger partial charge in [0.1, 0.15) is 6.04 Å². The van der Waals surface area contributed by atoms with Crippen molar-refractivity contribution in [1.82, 2.24) is 19.6 Å². The molecule has 2 aliphatic rings. The number of carbonyl (C=O) groups excluding carboxylic acids is 1. The second-order valence-electron chi connectivity index (χ2n) is 7.52. The zero-order chi connectivity index (χ0) is 18.0. The maximum atomic E-state index is 12.1. The van der Waals surface area contributed by atoms with Crippen LogP contribution >= 0.6 is 0 Å². The van der Waals surface area contributed by atoms with Crippen molar-refractivity contribution in [3.05, 3.63) is 18.0 Å². The monoisotopic (exact) mass is 348 g/mol. The lowest BCUT2D eigenvalue weighted by atomic mass is 9.72. The summed E-state index contributed by atoms with van der Waals surface area (Å²) in [6.07, 6.45) is 7.43. The van der Waals surface area contributed by atoms with Crippen LogP contribution in [0.3, 0.4) is 0 Å². The molecule has 1 aromatic rings. The van der Waals surface area contributed by atoms with Crippen LogP contribution in [-0.4, -0.2) is 62.2 Å². The molecule has 1 unspecified atom stereocenters. The van der Waals surface area contributed by atoms with Gasteiger partial charge in [0.05, 0.1) is 6.20 Å². The van der Waals surface area contributed by atoms with Crippen LogP contribution in [0.2, 0.25) is 0 Å². The van der Waals surface area contributed by atoms with Crippen LogP contribution in [-0.2, 0) is 22.7 Å². The van der Waals surface area contributed by atoms with Gasteiger partial charge >= 0.3 is 5.97 Å². The van der Waals surface area contributed by atoms with E-state index in [0.717, 1.165) is 45.4 Å². The van der Waals surface area contributed by atoms with Crippen LogP contribution in [0.15, 0.2) is 12.4 Å². The van der Waals surface area contributed by atoms with Crippen LogP contribution in [0.25, 0.3) is 0 Å². The number of aromatic nitrogens is 2. The molecule has 2 fully saturated rings. The Labute approximate surface area is 148 Å². The van der Waals surface area contributed by atoms with Gasteiger partial charge in [0, 0.05) is 37.8 Å². The molecule has 7 heteroatoms. The molecule has 1 N–H and O–H groups in total. The van der Waals surface area contributed by atoms with E-state index >= 15 is 0 Å². The van der Waals surface area contributed by atoms with E-state index in [9.17, 15) is 14.7 Å². The highest BCUT2D eigenvalue weighted by Gasteiger charge is 2.43. The summed E-state index contributed by atoms with van der Waals surface area (Å²) in [6.45, 7) is 8.04. The number of carbonyl (C=O) groups is 2. The fraction of sp³-hybridized carbons (Fsp3) is 0.722. The summed E-state index contributed by atoms with van der Waals surface area (Å²) in [7, 11) is 0. The van der Waals surface area contributed by atoms with E-state index in [2.05, 4.69) is 23.1 Å². The van der Waals surface area contributed by atoms with Gasteiger partial charge in [0.2, 0.25) is 5.91 Å². The number of piperidine rings is 2. The van der Waals surface area contributed by atoms with E-state index in [4.69, 9.17) is 0 Å². The molecule has 2 aliphatic heterocycles. The number of carboxylic acids is 1. The third-order valence-corrected chi connectivity index (χ3v) is 5.85. The number of nitrogens with zero attached hydrogens (tertiary/aromatic N) is 4. The van der Waals surface area contributed by atoms with Crippen LogP contribution in [0.4, 0.5) is 0 Å². The van der Waals surface area contributed by atoms with Crippen LogP contribution < -0.4 is 0 Å². The van der Waals surface area contributed by atoms with Crippen molar-refractivity contribution in [1.29, 1.82) is 0 Å². The lowest BCUT2D eigenvalue weighted by Gasteiger charge is -2.48. The maximum absolute atomic E-state index is 12.1. The second-order valence-corrected chi connectivity index (χ2v) is 7.52. The number of hydrogen-bond acceptors (Lipinski definition) is 4. The highest BCUT2D eigenvalue weighted by atomic mass is 16.4. The quantitative estimate of drug-likeness (QED) is 0.874. The zero-order valence-corrected chi connectivity index (χ0v) is 15.1. The standard InChI is InChI=1S/C18H28N4O3/c1-3-21-12-15(10-19-21)11-20-8-6-18(7-9-20)5-4-16(23)22(13-18)14(2)17(24)25/h10,12,14H,3-9,11,13H2,1-2H3,(H,24,25). The van der Waals surface area contributed by atoms with Crippen LogP contribution in [0, 0.1) is 5.41 Å². The molecule has 1 aromatic heterocycles. The normalized spacial score (nSPS) is 22.3. The second kappa shape index (κ2) is 7.15. The van der Waals surface area contributed by atoms with Gasteiger partial charge < -0.3 is 10.0 Å². The van der Waals surface area contributed by atoms with Crippen LogP contribution in [0.1, 0.15) is 45.1 Å². The number of likely N-dealkylation sites (tertiary alicyclic amines) is 2. The average molecular weight is 348 g/mol. The molecule has 138 valence electrons. The SMILES string of the molecule is CCn1cc(CN2CCC3(CCC(=O)N(C(C)C(=O)O)C3)CC2)cn1. The molecular formula is C18H28N4O3. The largest absolute Gasteiger partial charge is 0.480 e. The molecule has 1 atom stereocenters. The minimum atomic E-state index is -0.921. The molecule has 1 spiro atoms. The molecule has 7 nitrogen and oxygen atoms in total. The van der Waals surface area contributed by atoms with Gasteiger partial charge in [-0.2, -0.15) is 5.10 Å². The Morgan fingerprint density at radius 2 is 2.08 bits per heavy atom. The minimum Gasteiger partial charge on any atom is -0.480 e. The predicted octanol–water partition coefficient (Wildman–Crippen LogP) is 1.58. The molecule has 1 amide bonds. The first-order valence-corrected chi connectivity index (χ1v) is 9.18. The number of amides is 1. The Hall–Kier alpha value is -1.89. The summed E-state index contributed by atoms with van der Waals surface area (Å²) >= 11 is 0. The summed E-state index contributed by atoms with van der Waals surface area (Å²) in [5, 5.41) is 13.6. The van der Waals surface area contributed by atoms with E-state index in [0.29, 0.717) is 13.0 Å².